The molecule has 0 aliphatic carbocycles. The number of aromatic nitrogens is 1. The van der Waals surface area contributed by atoms with Gasteiger partial charge in [0.2, 0.25) is 0 Å². The molecule has 1 aliphatic rings. The van der Waals surface area contributed by atoms with Gasteiger partial charge in [0, 0.05) is 30.2 Å². The summed E-state index contributed by atoms with van der Waals surface area (Å²) in [5.74, 6) is 0. The number of alkyl carbamates (subject to hydrolysis) is 1. The van der Waals surface area contributed by atoms with Gasteiger partial charge in [-0.2, -0.15) is 0 Å². The lowest BCUT2D eigenvalue weighted by molar-refractivity contribution is 0.0470. The van der Waals surface area contributed by atoms with Gasteiger partial charge in [-0.1, -0.05) is 0 Å². The van der Waals surface area contributed by atoms with Gasteiger partial charge in [-0.15, -0.1) is 11.3 Å². The Balaban J connectivity index is 1.80. The summed E-state index contributed by atoms with van der Waals surface area (Å²) >= 11 is 1.67. The fraction of sp³-hybridized carbons (Fsp3) is 0.714. The maximum absolute atomic E-state index is 11.8. The van der Waals surface area contributed by atoms with Gasteiger partial charge in [-0.3, -0.25) is 9.88 Å². The van der Waals surface area contributed by atoms with E-state index in [4.69, 9.17) is 4.74 Å². The molecule has 6 heteroatoms. The van der Waals surface area contributed by atoms with Crippen molar-refractivity contribution in [1.29, 1.82) is 0 Å². The molecule has 1 saturated heterocycles. The van der Waals surface area contributed by atoms with E-state index in [1.165, 1.54) is 4.88 Å². The number of nitrogens with zero attached hydrogens (tertiary/aromatic N) is 2. The first kappa shape index (κ1) is 15.3. The van der Waals surface area contributed by atoms with Gasteiger partial charge in [0.1, 0.15) is 5.60 Å². The number of ether oxygens (including phenoxy) is 1. The van der Waals surface area contributed by atoms with Crippen molar-refractivity contribution in [3.63, 3.8) is 0 Å². The SMILES string of the molecule is CC(C)(C)OC(=O)NC1CCCN(Cc2cncs2)C1. The van der Waals surface area contributed by atoms with Gasteiger partial charge in [-0.05, 0) is 40.2 Å². The Labute approximate surface area is 124 Å². The number of rotatable bonds is 3. The molecule has 1 aliphatic heterocycles. The van der Waals surface area contributed by atoms with Crippen molar-refractivity contribution < 1.29 is 9.53 Å². The van der Waals surface area contributed by atoms with Gasteiger partial charge in [0.15, 0.2) is 0 Å². The largest absolute Gasteiger partial charge is 0.444 e. The predicted octanol–water partition coefficient (Wildman–Crippen LogP) is 2.63. The second-order valence-corrected chi connectivity index (χ2v) is 7.16. The van der Waals surface area contributed by atoms with Gasteiger partial charge in [0.05, 0.1) is 5.51 Å². The average molecular weight is 297 g/mol. The highest BCUT2D eigenvalue weighted by Crippen LogP contribution is 2.16. The number of carbonyl (C=O) groups excluding carboxylic acids is 1. The second-order valence-electron chi connectivity index (χ2n) is 6.19. The average Bonchev–Trinajstić information content (AvgIpc) is 2.79. The van der Waals surface area contributed by atoms with E-state index in [0.717, 1.165) is 32.5 Å². The lowest BCUT2D eigenvalue weighted by Gasteiger charge is -2.33. The molecule has 0 bridgehead atoms. The van der Waals surface area contributed by atoms with Crippen molar-refractivity contribution >= 4 is 17.4 Å². The van der Waals surface area contributed by atoms with Crippen molar-refractivity contribution in [3.05, 3.63) is 16.6 Å². The molecule has 1 unspecified atom stereocenters. The molecule has 0 radical (unpaired) electrons. The van der Waals surface area contributed by atoms with Gasteiger partial charge in [0.25, 0.3) is 0 Å². The van der Waals surface area contributed by atoms with Crippen LogP contribution in [0.2, 0.25) is 0 Å². The van der Waals surface area contributed by atoms with Crippen LogP contribution in [0.3, 0.4) is 0 Å². The van der Waals surface area contributed by atoms with E-state index in [1.807, 2.05) is 32.5 Å². The maximum atomic E-state index is 11.8. The highest BCUT2D eigenvalue weighted by Gasteiger charge is 2.24. The molecule has 112 valence electrons. The highest BCUT2D eigenvalue weighted by atomic mass is 32.1. The molecular formula is C14H23N3O2S. The molecule has 20 heavy (non-hydrogen) atoms. The van der Waals surface area contributed by atoms with E-state index >= 15 is 0 Å². The third kappa shape index (κ3) is 5.09. The van der Waals surface area contributed by atoms with Crippen LogP contribution in [0.1, 0.15) is 38.5 Å². The van der Waals surface area contributed by atoms with Crippen LogP contribution >= 0.6 is 11.3 Å². The maximum Gasteiger partial charge on any atom is 0.407 e. The first-order valence-corrected chi connectivity index (χ1v) is 7.89. The monoisotopic (exact) mass is 297 g/mol. The number of piperidine rings is 1. The number of thiazole rings is 1. The predicted molar refractivity (Wildman–Crippen MR) is 79.8 cm³/mol. The number of hydrogen-bond donors (Lipinski definition) is 1. The van der Waals surface area contributed by atoms with Gasteiger partial charge < -0.3 is 10.1 Å². The molecule has 0 aromatic carbocycles. The van der Waals surface area contributed by atoms with E-state index in [-0.39, 0.29) is 12.1 Å². The van der Waals surface area contributed by atoms with Crippen LogP contribution in [0.5, 0.6) is 0 Å². The Bertz CT molecular complexity index is 428. The fourth-order valence-electron chi connectivity index (χ4n) is 2.33. The Morgan fingerprint density at radius 1 is 1.60 bits per heavy atom. The minimum Gasteiger partial charge on any atom is -0.444 e. The molecule has 0 spiro atoms. The Morgan fingerprint density at radius 2 is 2.40 bits per heavy atom. The van der Waals surface area contributed by atoms with Crippen molar-refractivity contribution in [2.45, 2.75) is 51.8 Å². The Hall–Kier alpha value is -1.14. The second kappa shape index (κ2) is 6.54. The summed E-state index contributed by atoms with van der Waals surface area (Å²) in [6, 6.07) is 0.173. The topological polar surface area (TPSA) is 54.5 Å². The lowest BCUT2D eigenvalue weighted by Crippen LogP contribution is -2.48. The van der Waals surface area contributed by atoms with Gasteiger partial charge in [-0.25, -0.2) is 4.79 Å². The lowest BCUT2D eigenvalue weighted by atomic mass is 10.1. The molecule has 5 nitrogen and oxygen atoms in total. The third-order valence-corrected chi connectivity index (χ3v) is 3.85. The normalized spacial score (nSPS) is 20.6. The summed E-state index contributed by atoms with van der Waals surface area (Å²) in [5, 5.41) is 2.97. The van der Waals surface area contributed by atoms with Crippen molar-refractivity contribution in [2.75, 3.05) is 13.1 Å². The molecule has 1 atom stereocenters. The summed E-state index contributed by atoms with van der Waals surface area (Å²) in [6.07, 6.45) is 3.70. The summed E-state index contributed by atoms with van der Waals surface area (Å²) in [4.78, 5) is 19.5. The van der Waals surface area contributed by atoms with Crippen LogP contribution in [-0.4, -0.2) is 40.7 Å². The number of likely N-dealkylation sites (tertiary alicyclic amines) is 1. The zero-order valence-electron chi connectivity index (χ0n) is 12.4. The molecule has 1 N–H and O–H groups in total. The van der Waals surface area contributed by atoms with Crippen LogP contribution in [-0.2, 0) is 11.3 Å². The minimum atomic E-state index is -0.443. The molecular weight excluding hydrogens is 274 g/mol. The number of amides is 1. The quantitative estimate of drug-likeness (QED) is 0.932. The summed E-state index contributed by atoms with van der Waals surface area (Å²) in [6.45, 7) is 8.50. The molecule has 1 aromatic rings. The van der Waals surface area contributed by atoms with Crippen LogP contribution in [0, 0.1) is 0 Å². The molecule has 2 heterocycles. The third-order valence-electron chi connectivity index (χ3n) is 3.09. The zero-order chi connectivity index (χ0) is 14.6. The van der Waals surface area contributed by atoms with Crippen molar-refractivity contribution in [3.8, 4) is 0 Å². The Morgan fingerprint density at radius 3 is 3.05 bits per heavy atom. The highest BCUT2D eigenvalue weighted by molar-refractivity contribution is 7.09. The van der Waals surface area contributed by atoms with Crippen molar-refractivity contribution in [1.82, 2.24) is 15.2 Å². The van der Waals surface area contributed by atoms with E-state index < -0.39 is 5.60 Å². The number of hydrogen-bond acceptors (Lipinski definition) is 5. The van der Waals surface area contributed by atoms with Crippen molar-refractivity contribution in [2.24, 2.45) is 0 Å². The number of nitrogens with one attached hydrogen (secondary N) is 1. The molecule has 2 rings (SSSR count). The van der Waals surface area contributed by atoms with E-state index in [9.17, 15) is 4.79 Å². The first-order chi connectivity index (χ1) is 9.42. The standard InChI is InChI=1S/C14H23N3O2S/c1-14(2,3)19-13(18)16-11-5-4-6-17(8-11)9-12-7-15-10-20-12/h7,10-11H,4-6,8-9H2,1-3H3,(H,16,18). The molecule has 0 saturated carbocycles. The molecule has 1 fully saturated rings. The summed E-state index contributed by atoms with van der Waals surface area (Å²) in [5.41, 5.74) is 1.41. The van der Waals surface area contributed by atoms with E-state index in [2.05, 4.69) is 15.2 Å². The van der Waals surface area contributed by atoms with E-state index in [0.29, 0.717) is 0 Å². The summed E-state index contributed by atoms with van der Waals surface area (Å²) < 4.78 is 5.31. The van der Waals surface area contributed by atoms with Crippen LogP contribution < -0.4 is 5.32 Å². The number of carbonyl (C=O) groups is 1. The Kier molecular flexibility index (Phi) is 4.99. The summed E-state index contributed by atoms with van der Waals surface area (Å²) in [7, 11) is 0. The van der Waals surface area contributed by atoms with Crippen LogP contribution in [0.4, 0.5) is 4.79 Å². The minimum absolute atomic E-state index is 0.173. The molecule has 1 amide bonds. The van der Waals surface area contributed by atoms with Crippen LogP contribution in [0.25, 0.3) is 0 Å². The molecule has 1 aromatic heterocycles. The van der Waals surface area contributed by atoms with E-state index in [1.54, 1.807) is 11.3 Å². The van der Waals surface area contributed by atoms with Crippen LogP contribution in [0.15, 0.2) is 11.7 Å². The first-order valence-electron chi connectivity index (χ1n) is 7.01. The van der Waals surface area contributed by atoms with Gasteiger partial charge >= 0.3 is 6.09 Å². The smallest absolute Gasteiger partial charge is 0.407 e. The fourth-order valence-corrected chi connectivity index (χ4v) is 2.97. The zero-order valence-corrected chi connectivity index (χ0v) is 13.2.